The van der Waals surface area contributed by atoms with Crippen molar-refractivity contribution in [3.8, 4) is 0 Å². The molecule has 3 heteroatoms. The highest BCUT2D eigenvalue weighted by molar-refractivity contribution is 7.80. The van der Waals surface area contributed by atoms with Crippen molar-refractivity contribution in [2.24, 2.45) is 5.41 Å². The van der Waals surface area contributed by atoms with Gasteiger partial charge in [-0.05, 0) is 44.4 Å². The van der Waals surface area contributed by atoms with Crippen LogP contribution in [0.5, 0.6) is 0 Å². The highest BCUT2D eigenvalue weighted by atomic mass is 32.1. The van der Waals surface area contributed by atoms with Crippen molar-refractivity contribution in [3.63, 3.8) is 0 Å². The Morgan fingerprint density at radius 1 is 1.17 bits per heavy atom. The summed E-state index contributed by atoms with van der Waals surface area (Å²) in [4.78, 5) is 2.40. The minimum absolute atomic E-state index is 0.376. The van der Waals surface area contributed by atoms with Gasteiger partial charge in [0.25, 0.3) is 0 Å². The molecule has 1 aliphatic rings. The molecule has 0 aromatic heterocycles. The van der Waals surface area contributed by atoms with Crippen LogP contribution in [0.15, 0.2) is 0 Å². The Morgan fingerprint density at radius 2 is 1.72 bits per heavy atom. The highest BCUT2D eigenvalue weighted by Gasteiger charge is 2.32. The van der Waals surface area contributed by atoms with Gasteiger partial charge in [0.2, 0.25) is 0 Å². The monoisotopic (exact) mass is 273 g/mol. The molecule has 0 aromatic rings. The predicted octanol–water partition coefficient (Wildman–Crippen LogP) is 3.35. The van der Waals surface area contributed by atoms with E-state index >= 15 is 0 Å². The van der Waals surface area contributed by atoms with E-state index in [-0.39, 0.29) is 0 Å². The fourth-order valence-corrected chi connectivity index (χ4v) is 3.56. The minimum atomic E-state index is -0.599. The van der Waals surface area contributed by atoms with Crippen LogP contribution in [0.3, 0.4) is 0 Å². The minimum Gasteiger partial charge on any atom is -0.389 e. The second-order valence-electron chi connectivity index (χ2n) is 6.69. The van der Waals surface area contributed by atoms with Crippen LogP contribution >= 0.6 is 12.6 Å². The van der Waals surface area contributed by atoms with Crippen molar-refractivity contribution in [3.05, 3.63) is 0 Å². The van der Waals surface area contributed by atoms with Gasteiger partial charge in [0.1, 0.15) is 0 Å². The summed E-state index contributed by atoms with van der Waals surface area (Å²) in [6, 6.07) is 0. The average Bonchev–Trinajstić information content (AvgIpc) is 2.52. The maximum absolute atomic E-state index is 10.0. The van der Waals surface area contributed by atoms with E-state index in [0.29, 0.717) is 5.41 Å². The molecule has 0 unspecified atom stereocenters. The SMILES string of the molecule is CCN(CC(C)(C)O)CC1(CS)CCCCCC1. The molecule has 0 spiro atoms. The van der Waals surface area contributed by atoms with Gasteiger partial charge in [-0.25, -0.2) is 0 Å². The fraction of sp³-hybridized carbons (Fsp3) is 1.00. The van der Waals surface area contributed by atoms with Crippen LogP contribution < -0.4 is 0 Å². The lowest BCUT2D eigenvalue weighted by Crippen LogP contribution is -2.45. The fourth-order valence-electron chi connectivity index (χ4n) is 3.15. The van der Waals surface area contributed by atoms with Gasteiger partial charge < -0.3 is 10.0 Å². The molecule has 2 nitrogen and oxygen atoms in total. The van der Waals surface area contributed by atoms with Crippen molar-refractivity contribution in [2.45, 2.75) is 64.9 Å². The van der Waals surface area contributed by atoms with Gasteiger partial charge in [0, 0.05) is 13.1 Å². The standard InChI is InChI=1S/C15H31NOS/c1-4-16(11-14(2,3)17)12-15(13-18)9-7-5-6-8-10-15/h17-18H,4-13H2,1-3H3. The Kier molecular flexibility index (Phi) is 6.49. The maximum Gasteiger partial charge on any atom is 0.0718 e. The molecule has 18 heavy (non-hydrogen) atoms. The molecule has 0 saturated heterocycles. The summed E-state index contributed by atoms with van der Waals surface area (Å²) >= 11 is 4.63. The summed E-state index contributed by atoms with van der Waals surface area (Å²) in [6.07, 6.45) is 8.07. The Balaban J connectivity index is 2.63. The lowest BCUT2D eigenvalue weighted by molar-refractivity contribution is 0.0224. The largest absolute Gasteiger partial charge is 0.389 e. The summed E-state index contributed by atoms with van der Waals surface area (Å²) in [7, 11) is 0. The predicted molar refractivity (Wildman–Crippen MR) is 82.4 cm³/mol. The van der Waals surface area contributed by atoms with Gasteiger partial charge in [0.15, 0.2) is 0 Å². The first-order valence-electron chi connectivity index (χ1n) is 7.46. The van der Waals surface area contributed by atoms with Crippen molar-refractivity contribution in [1.82, 2.24) is 4.90 Å². The first kappa shape index (κ1) is 16.3. The Labute approximate surface area is 119 Å². The number of likely N-dealkylation sites (N-methyl/N-ethyl adjacent to an activating group) is 1. The molecule has 1 saturated carbocycles. The zero-order valence-electron chi connectivity index (χ0n) is 12.4. The smallest absolute Gasteiger partial charge is 0.0718 e. The van der Waals surface area contributed by atoms with E-state index in [1.807, 2.05) is 13.8 Å². The third kappa shape index (κ3) is 5.50. The molecular formula is C15H31NOS. The normalized spacial score (nSPS) is 21.0. The second kappa shape index (κ2) is 7.16. The molecule has 1 N–H and O–H groups in total. The highest BCUT2D eigenvalue weighted by Crippen LogP contribution is 2.37. The van der Waals surface area contributed by atoms with Gasteiger partial charge >= 0.3 is 0 Å². The molecule has 0 aromatic carbocycles. The molecule has 1 rings (SSSR count). The third-order valence-corrected chi connectivity index (χ3v) is 4.79. The Morgan fingerprint density at radius 3 is 2.11 bits per heavy atom. The maximum atomic E-state index is 10.0. The van der Waals surface area contributed by atoms with E-state index in [1.165, 1.54) is 38.5 Å². The summed E-state index contributed by atoms with van der Waals surface area (Å²) in [5.74, 6) is 0.982. The van der Waals surface area contributed by atoms with Crippen molar-refractivity contribution < 1.29 is 5.11 Å². The lowest BCUT2D eigenvalue weighted by atomic mass is 9.81. The van der Waals surface area contributed by atoms with Crippen LogP contribution in [0.25, 0.3) is 0 Å². The summed E-state index contributed by atoms with van der Waals surface area (Å²) in [5.41, 5.74) is -0.223. The van der Waals surface area contributed by atoms with Crippen molar-refractivity contribution in [1.29, 1.82) is 0 Å². The lowest BCUT2D eigenvalue weighted by Gasteiger charge is -2.38. The van der Waals surface area contributed by atoms with Gasteiger partial charge in [-0.2, -0.15) is 12.6 Å². The van der Waals surface area contributed by atoms with E-state index < -0.39 is 5.60 Å². The molecule has 0 heterocycles. The molecule has 0 amide bonds. The van der Waals surface area contributed by atoms with Gasteiger partial charge in [-0.3, -0.25) is 0 Å². The summed E-state index contributed by atoms with van der Waals surface area (Å²) in [5, 5.41) is 10.0. The van der Waals surface area contributed by atoms with Crippen LogP contribution in [0.1, 0.15) is 59.3 Å². The molecule has 108 valence electrons. The molecule has 0 atom stereocenters. The van der Waals surface area contributed by atoms with Crippen LogP contribution in [-0.2, 0) is 0 Å². The van der Waals surface area contributed by atoms with Crippen molar-refractivity contribution >= 4 is 12.6 Å². The zero-order chi connectivity index (χ0) is 13.6. The number of nitrogens with zero attached hydrogens (tertiary/aromatic N) is 1. The van der Waals surface area contributed by atoms with E-state index in [9.17, 15) is 5.11 Å². The topological polar surface area (TPSA) is 23.5 Å². The van der Waals surface area contributed by atoms with E-state index in [2.05, 4.69) is 24.5 Å². The molecule has 1 fully saturated rings. The number of hydrogen-bond donors (Lipinski definition) is 2. The molecular weight excluding hydrogens is 242 g/mol. The molecule has 0 bridgehead atoms. The van der Waals surface area contributed by atoms with Gasteiger partial charge in [-0.1, -0.05) is 32.6 Å². The Bertz CT molecular complexity index is 229. The third-order valence-electron chi connectivity index (χ3n) is 4.12. The molecule has 1 aliphatic carbocycles. The van der Waals surface area contributed by atoms with Gasteiger partial charge in [-0.15, -0.1) is 0 Å². The van der Waals surface area contributed by atoms with Gasteiger partial charge in [0.05, 0.1) is 5.60 Å². The zero-order valence-corrected chi connectivity index (χ0v) is 13.3. The summed E-state index contributed by atoms with van der Waals surface area (Å²) in [6.45, 7) is 8.86. The first-order chi connectivity index (χ1) is 8.41. The van der Waals surface area contributed by atoms with Crippen LogP contribution in [0.4, 0.5) is 0 Å². The summed E-state index contributed by atoms with van der Waals surface area (Å²) < 4.78 is 0. The Hall–Kier alpha value is 0.270. The second-order valence-corrected chi connectivity index (χ2v) is 7.00. The average molecular weight is 273 g/mol. The number of aliphatic hydroxyl groups is 1. The number of thiol groups is 1. The molecule has 0 radical (unpaired) electrons. The molecule has 0 aliphatic heterocycles. The van der Waals surface area contributed by atoms with Crippen LogP contribution in [0, 0.1) is 5.41 Å². The van der Waals surface area contributed by atoms with Crippen LogP contribution in [0.2, 0.25) is 0 Å². The quantitative estimate of drug-likeness (QED) is 0.573. The van der Waals surface area contributed by atoms with Crippen molar-refractivity contribution in [2.75, 3.05) is 25.4 Å². The van der Waals surface area contributed by atoms with E-state index in [1.54, 1.807) is 0 Å². The number of rotatable bonds is 6. The van der Waals surface area contributed by atoms with E-state index in [0.717, 1.165) is 25.4 Å². The first-order valence-corrected chi connectivity index (χ1v) is 8.10. The van der Waals surface area contributed by atoms with E-state index in [4.69, 9.17) is 0 Å². The van der Waals surface area contributed by atoms with Crippen LogP contribution in [-0.4, -0.2) is 41.0 Å². The number of hydrogen-bond acceptors (Lipinski definition) is 3.